The molecule has 0 aromatic heterocycles. The van der Waals surface area contributed by atoms with Crippen molar-refractivity contribution >= 4 is 23.5 Å². The zero-order valence-electron chi connectivity index (χ0n) is 21.8. The van der Waals surface area contributed by atoms with Crippen molar-refractivity contribution in [1.82, 2.24) is 0 Å². The highest BCUT2D eigenvalue weighted by Gasteiger charge is 2.64. The molecule has 0 aromatic rings. The Labute approximate surface area is 221 Å². The lowest BCUT2D eigenvalue weighted by molar-refractivity contribution is -0.161. The van der Waals surface area contributed by atoms with E-state index in [9.17, 15) is 5.11 Å². The van der Waals surface area contributed by atoms with Crippen LogP contribution in [0.5, 0.6) is 0 Å². The van der Waals surface area contributed by atoms with Crippen LogP contribution in [-0.4, -0.2) is 45.8 Å². The molecule has 4 aliphatic carbocycles. The highest BCUT2D eigenvalue weighted by molar-refractivity contribution is 8.21. The molecule has 7 atom stereocenters. The number of hydrogen-bond donors (Lipinski definition) is 1. The predicted molar refractivity (Wildman–Crippen MR) is 146 cm³/mol. The Morgan fingerprint density at radius 3 is 2.66 bits per heavy atom. The van der Waals surface area contributed by atoms with Crippen molar-refractivity contribution in [2.24, 2.45) is 28.6 Å². The fourth-order valence-electron chi connectivity index (χ4n) is 8.89. The molecule has 1 spiro atoms. The number of aliphatic hydroxyl groups is 1. The molecule has 6 rings (SSSR count). The van der Waals surface area contributed by atoms with Gasteiger partial charge in [-0.2, -0.15) is 0 Å². The van der Waals surface area contributed by atoms with Gasteiger partial charge in [0.1, 0.15) is 5.60 Å². The van der Waals surface area contributed by atoms with E-state index in [2.05, 4.69) is 55.3 Å². The summed E-state index contributed by atoms with van der Waals surface area (Å²) in [7, 11) is 0. The molecular formula is C30H44O3S2. The molecule has 6 aliphatic rings. The SMILES string of the molecule is C[C@]12CCC3(C=C1CCC1C2CC[C@@]2(C)C1CCC2(O)C#CCCOC1CCCCO1)SCCS3. The molecule has 2 saturated heterocycles. The topological polar surface area (TPSA) is 38.7 Å². The van der Waals surface area contributed by atoms with Gasteiger partial charge in [-0.15, -0.1) is 23.5 Å². The summed E-state index contributed by atoms with van der Waals surface area (Å²) in [5.41, 5.74) is 1.25. The molecule has 5 heteroatoms. The van der Waals surface area contributed by atoms with Gasteiger partial charge in [0.25, 0.3) is 0 Å². The Bertz CT molecular complexity index is 895. The van der Waals surface area contributed by atoms with Crippen LogP contribution in [0.2, 0.25) is 0 Å². The van der Waals surface area contributed by atoms with Gasteiger partial charge < -0.3 is 14.6 Å². The summed E-state index contributed by atoms with van der Waals surface area (Å²) < 4.78 is 11.9. The molecule has 35 heavy (non-hydrogen) atoms. The highest BCUT2D eigenvalue weighted by atomic mass is 32.2. The Morgan fingerprint density at radius 2 is 1.86 bits per heavy atom. The van der Waals surface area contributed by atoms with Crippen LogP contribution < -0.4 is 0 Å². The van der Waals surface area contributed by atoms with Crippen molar-refractivity contribution in [3.8, 4) is 11.8 Å². The van der Waals surface area contributed by atoms with Crippen LogP contribution in [0.3, 0.4) is 0 Å². The van der Waals surface area contributed by atoms with Crippen molar-refractivity contribution in [2.45, 2.75) is 107 Å². The van der Waals surface area contributed by atoms with Crippen LogP contribution in [-0.2, 0) is 9.47 Å². The molecule has 1 N–H and O–H groups in total. The molecule has 0 bridgehead atoms. The number of allylic oxidation sites excluding steroid dienone is 1. The number of thioether (sulfide) groups is 2. The van der Waals surface area contributed by atoms with Gasteiger partial charge in [0.05, 0.1) is 10.7 Å². The van der Waals surface area contributed by atoms with E-state index in [0.29, 0.717) is 28.4 Å². The molecule has 3 nitrogen and oxygen atoms in total. The second-order valence-corrected chi connectivity index (χ2v) is 15.7. The van der Waals surface area contributed by atoms with Gasteiger partial charge in [-0.05, 0) is 93.8 Å². The van der Waals surface area contributed by atoms with Crippen LogP contribution >= 0.6 is 23.5 Å². The maximum Gasteiger partial charge on any atom is 0.157 e. The number of hydrogen-bond acceptors (Lipinski definition) is 5. The number of ether oxygens (including phenoxy) is 2. The summed E-state index contributed by atoms with van der Waals surface area (Å²) in [6.07, 6.45) is 16.3. The van der Waals surface area contributed by atoms with Crippen molar-refractivity contribution in [2.75, 3.05) is 24.7 Å². The monoisotopic (exact) mass is 516 g/mol. The molecule has 2 heterocycles. The zero-order chi connectivity index (χ0) is 24.2. The van der Waals surface area contributed by atoms with Gasteiger partial charge in [-0.3, -0.25) is 0 Å². The van der Waals surface area contributed by atoms with Gasteiger partial charge in [0.2, 0.25) is 0 Å². The summed E-state index contributed by atoms with van der Waals surface area (Å²) in [4.78, 5) is 0. The third kappa shape index (κ3) is 4.26. The largest absolute Gasteiger partial charge is 0.377 e. The second kappa shape index (κ2) is 9.57. The van der Waals surface area contributed by atoms with Crippen molar-refractivity contribution in [3.63, 3.8) is 0 Å². The lowest BCUT2D eigenvalue weighted by Gasteiger charge is -2.59. The third-order valence-corrected chi connectivity index (χ3v) is 14.4. The molecule has 3 saturated carbocycles. The van der Waals surface area contributed by atoms with E-state index < -0.39 is 5.60 Å². The van der Waals surface area contributed by atoms with Crippen molar-refractivity contribution in [1.29, 1.82) is 0 Å². The Morgan fingerprint density at radius 1 is 1.03 bits per heavy atom. The normalized spacial score (nSPS) is 46.2. The quantitative estimate of drug-likeness (QED) is 0.254. The minimum atomic E-state index is -0.839. The van der Waals surface area contributed by atoms with Crippen LogP contribution in [0, 0.1) is 40.4 Å². The molecule has 5 unspecified atom stereocenters. The molecule has 2 aliphatic heterocycles. The van der Waals surface area contributed by atoms with Crippen LogP contribution in [0.4, 0.5) is 0 Å². The van der Waals surface area contributed by atoms with Crippen molar-refractivity contribution in [3.05, 3.63) is 11.6 Å². The Kier molecular flexibility index (Phi) is 6.88. The van der Waals surface area contributed by atoms with Gasteiger partial charge in [-0.25, -0.2) is 0 Å². The maximum atomic E-state index is 11.9. The van der Waals surface area contributed by atoms with Gasteiger partial charge in [0.15, 0.2) is 6.29 Å². The molecular weight excluding hydrogens is 472 g/mol. The standard InChI is InChI=1S/C30H44O3S2/c1-27-15-16-30(34-19-20-35-30)21-22(27)8-9-23-24(27)10-13-28(2)25(23)11-14-29(28,31)12-4-6-18-33-26-7-3-5-17-32-26/h21,23-26,31H,3,5-11,13-20H2,1-2H3/t23?,24?,25?,26?,27-,28-,29?/m0/s1. The van der Waals surface area contributed by atoms with Crippen LogP contribution in [0.1, 0.15) is 90.9 Å². The zero-order valence-corrected chi connectivity index (χ0v) is 23.4. The van der Waals surface area contributed by atoms with Gasteiger partial charge >= 0.3 is 0 Å². The minimum absolute atomic E-state index is 0.0515. The second-order valence-electron chi connectivity index (χ2n) is 12.6. The van der Waals surface area contributed by atoms with E-state index in [1.807, 2.05) is 0 Å². The van der Waals surface area contributed by atoms with Gasteiger partial charge in [-0.1, -0.05) is 37.3 Å². The Hall–Kier alpha value is -0.120. The van der Waals surface area contributed by atoms with E-state index in [-0.39, 0.29) is 11.7 Å². The molecule has 194 valence electrons. The average Bonchev–Trinajstić information content (AvgIpc) is 3.42. The summed E-state index contributed by atoms with van der Waals surface area (Å²) >= 11 is 4.41. The molecule has 0 amide bonds. The Balaban J connectivity index is 1.13. The summed E-state index contributed by atoms with van der Waals surface area (Å²) in [5.74, 6) is 11.5. The van der Waals surface area contributed by atoms with E-state index in [4.69, 9.17) is 9.47 Å². The number of rotatable bonds is 3. The first-order chi connectivity index (χ1) is 16.9. The fourth-order valence-corrected chi connectivity index (χ4v) is 12.0. The predicted octanol–water partition coefficient (Wildman–Crippen LogP) is 6.79. The molecule has 0 radical (unpaired) electrons. The first-order valence-electron chi connectivity index (χ1n) is 14.3. The first kappa shape index (κ1) is 25.2. The smallest absolute Gasteiger partial charge is 0.157 e. The van der Waals surface area contributed by atoms with E-state index in [1.165, 1.54) is 50.0 Å². The molecule has 5 fully saturated rings. The van der Waals surface area contributed by atoms with E-state index in [0.717, 1.165) is 50.5 Å². The van der Waals surface area contributed by atoms with Crippen LogP contribution in [0.15, 0.2) is 11.6 Å². The minimum Gasteiger partial charge on any atom is -0.377 e. The third-order valence-electron chi connectivity index (χ3n) is 11.0. The maximum absolute atomic E-state index is 11.9. The number of fused-ring (bicyclic) bond motifs is 5. The average molecular weight is 517 g/mol. The lowest BCUT2D eigenvalue weighted by Crippen LogP contribution is -2.54. The summed E-state index contributed by atoms with van der Waals surface area (Å²) in [5, 5.41) is 11.9. The van der Waals surface area contributed by atoms with Crippen LogP contribution in [0.25, 0.3) is 0 Å². The van der Waals surface area contributed by atoms with Crippen molar-refractivity contribution < 1.29 is 14.6 Å². The highest BCUT2D eigenvalue weighted by Crippen LogP contribution is 2.69. The molecule has 0 aromatic carbocycles. The van der Waals surface area contributed by atoms with E-state index in [1.54, 1.807) is 5.57 Å². The first-order valence-corrected chi connectivity index (χ1v) is 16.3. The lowest BCUT2D eigenvalue weighted by atomic mass is 9.46. The summed E-state index contributed by atoms with van der Waals surface area (Å²) in [6, 6.07) is 0. The fraction of sp³-hybridized carbons (Fsp3) is 0.867. The summed E-state index contributed by atoms with van der Waals surface area (Å²) in [6.45, 7) is 6.39. The van der Waals surface area contributed by atoms with E-state index >= 15 is 0 Å². The van der Waals surface area contributed by atoms with Gasteiger partial charge in [0, 0.05) is 29.9 Å².